The molecule has 0 saturated carbocycles. The van der Waals surface area contributed by atoms with Gasteiger partial charge in [-0.2, -0.15) is 0 Å². The Kier molecular flexibility index (Phi) is 6.18. The number of hydrogen-bond acceptors (Lipinski definition) is 0. The van der Waals surface area contributed by atoms with Crippen molar-refractivity contribution in [1.29, 1.82) is 0 Å². The van der Waals surface area contributed by atoms with E-state index in [0.717, 1.165) is 6.42 Å². The average Bonchev–Trinajstić information content (AvgIpc) is 2.34. The molecule has 0 heteroatoms. The van der Waals surface area contributed by atoms with Gasteiger partial charge in [-0.3, -0.25) is 0 Å². The zero-order chi connectivity index (χ0) is 12.5. The SMILES string of the molecule is CCCCC#C/C(=C/c1ccccc1)C(C)C. The van der Waals surface area contributed by atoms with Gasteiger partial charge in [0, 0.05) is 12.0 Å². The van der Waals surface area contributed by atoms with Crippen molar-refractivity contribution in [2.45, 2.75) is 40.0 Å². The molecule has 0 atom stereocenters. The summed E-state index contributed by atoms with van der Waals surface area (Å²) in [6.45, 7) is 6.59. The van der Waals surface area contributed by atoms with Crippen molar-refractivity contribution in [3.05, 3.63) is 41.5 Å². The lowest BCUT2D eigenvalue weighted by Gasteiger charge is -2.04. The van der Waals surface area contributed by atoms with Crippen molar-refractivity contribution in [3.8, 4) is 11.8 Å². The van der Waals surface area contributed by atoms with Crippen LogP contribution in [0.2, 0.25) is 0 Å². The van der Waals surface area contributed by atoms with Crippen LogP contribution in [0.5, 0.6) is 0 Å². The maximum absolute atomic E-state index is 3.31. The van der Waals surface area contributed by atoms with Crippen molar-refractivity contribution in [2.24, 2.45) is 5.92 Å². The number of allylic oxidation sites excluding steroid dienone is 1. The molecule has 0 spiro atoms. The van der Waals surface area contributed by atoms with E-state index in [2.05, 4.69) is 63.0 Å². The topological polar surface area (TPSA) is 0 Å². The Bertz CT molecular complexity index is 399. The molecule has 0 amide bonds. The van der Waals surface area contributed by atoms with Gasteiger partial charge in [-0.1, -0.05) is 69.4 Å². The Morgan fingerprint density at radius 1 is 1.24 bits per heavy atom. The smallest absolute Gasteiger partial charge is 0.00922 e. The molecule has 17 heavy (non-hydrogen) atoms. The molecule has 0 unspecified atom stereocenters. The minimum Gasteiger partial charge on any atom is -0.0982 e. The monoisotopic (exact) mass is 226 g/mol. The highest BCUT2D eigenvalue weighted by Gasteiger charge is 1.99. The second-order valence-corrected chi connectivity index (χ2v) is 4.57. The molecule has 90 valence electrons. The van der Waals surface area contributed by atoms with E-state index in [1.54, 1.807) is 0 Å². The minimum atomic E-state index is 0.490. The molecular formula is C17H22. The molecule has 0 nitrogen and oxygen atoms in total. The molecule has 1 aromatic carbocycles. The third kappa shape index (κ3) is 5.41. The summed E-state index contributed by atoms with van der Waals surface area (Å²) in [7, 11) is 0. The quantitative estimate of drug-likeness (QED) is 0.505. The third-order valence-corrected chi connectivity index (χ3v) is 2.63. The molecule has 0 saturated heterocycles. The highest BCUT2D eigenvalue weighted by molar-refractivity contribution is 5.58. The highest BCUT2D eigenvalue weighted by Crippen LogP contribution is 2.13. The molecule has 0 heterocycles. The van der Waals surface area contributed by atoms with Crippen molar-refractivity contribution in [2.75, 3.05) is 0 Å². The number of benzene rings is 1. The van der Waals surface area contributed by atoms with Crippen LogP contribution in [-0.4, -0.2) is 0 Å². The Labute approximate surface area is 106 Å². The molecule has 0 fully saturated rings. The molecule has 0 radical (unpaired) electrons. The van der Waals surface area contributed by atoms with Crippen LogP contribution in [-0.2, 0) is 0 Å². The van der Waals surface area contributed by atoms with Gasteiger partial charge in [-0.25, -0.2) is 0 Å². The molecule has 1 rings (SSSR count). The van der Waals surface area contributed by atoms with E-state index in [-0.39, 0.29) is 0 Å². The second kappa shape index (κ2) is 7.74. The van der Waals surface area contributed by atoms with Gasteiger partial charge in [0.25, 0.3) is 0 Å². The van der Waals surface area contributed by atoms with Gasteiger partial charge in [0.1, 0.15) is 0 Å². The van der Waals surface area contributed by atoms with Crippen LogP contribution in [0.15, 0.2) is 35.9 Å². The first-order valence-electron chi connectivity index (χ1n) is 6.49. The van der Waals surface area contributed by atoms with Crippen LogP contribution in [0.25, 0.3) is 6.08 Å². The minimum absolute atomic E-state index is 0.490. The van der Waals surface area contributed by atoms with Gasteiger partial charge in [0.05, 0.1) is 0 Å². The van der Waals surface area contributed by atoms with Gasteiger partial charge >= 0.3 is 0 Å². The standard InChI is InChI=1S/C17H22/c1-4-5-6-10-13-17(15(2)3)14-16-11-8-7-9-12-16/h7-9,11-12,14-15H,4-6H2,1-3H3/b17-14-. The van der Waals surface area contributed by atoms with Crippen molar-refractivity contribution in [1.82, 2.24) is 0 Å². The summed E-state index contributed by atoms with van der Waals surface area (Å²) in [4.78, 5) is 0. The number of hydrogen-bond donors (Lipinski definition) is 0. The summed E-state index contributed by atoms with van der Waals surface area (Å²) in [5.41, 5.74) is 2.47. The molecule has 0 N–H and O–H groups in total. The van der Waals surface area contributed by atoms with Gasteiger partial charge in [0.2, 0.25) is 0 Å². The number of rotatable bonds is 4. The molecule has 1 aromatic rings. The van der Waals surface area contributed by atoms with Crippen LogP contribution >= 0.6 is 0 Å². The molecular weight excluding hydrogens is 204 g/mol. The first-order chi connectivity index (χ1) is 8.24. The predicted molar refractivity (Wildman–Crippen MR) is 76.6 cm³/mol. The maximum atomic E-state index is 3.31. The summed E-state index contributed by atoms with van der Waals surface area (Å²) < 4.78 is 0. The zero-order valence-electron chi connectivity index (χ0n) is 11.2. The second-order valence-electron chi connectivity index (χ2n) is 4.57. The normalized spacial score (nSPS) is 11.2. The molecule has 0 bridgehead atoms. The predicted octanol–water partition coefficient (Wildman–Crippen LogP) is 4.92. The zero-order valence-corrected chi connectivity index (χ0v) is 11.2. The van der Waals surface area contributed by atoms with Crippen LogP contribution in [0, 0.1) is 17.8 Å². The maximum Gasteiger partial charge on any atom is 0.00922 e. The van der Waals surface area contributed by atoms with E-state index < -0.39 is 0 Å². The first-order valence-corrected chi connectivity index (χ1v) is 6.49. The molecule has 0 aliphatic rings. The summed E-state index contributed by atoms with van der Waals surface area (Å²) >= 11 is 0. The van der Waals surface area contributed by atoms with Crippen LogP contribution in [0.3, 0.4) is 0 Å². The molecule has 0 aromatic heterocycles. The fourth-order valence-corrected chi connectivity index (χ4v) is 1.51. The van der Waals surface area contributed by atoms with Crippen LogP contribution in [0.4, 0.5) is 0 Å². The summed E-state index contributed by atoms with van der Waals surface area (Å²) in [5, 5.41) is 0. The van der Waals surface area contributed by atoms with Gasteiger partial charge in [0.15, 0.2) is 0 Å². The fraction of sp³-hybridized carbons (Fsp3) is 0.412. The van der Waals surface area contributed by atoms with E-state index in [9.17, 15) is 0 Å². The summed E-state index contributed by atoms with van der Waals surface area (Å²) in [5.74, 6) is 7.07. The lowest BCUT2D eigenvalue weighted by Crippen LogP contribution is -1.91. The van der Waals surface area contributed by atoms with E-state index in [1.807, 2.05) is 6.07 Å². The lowest BCUT2D eigenvalue weighted by molar-refractivity contribution is 0.801. The summed E-state index contributed by atoms with van der Waals surface area (Å²) in [6, 6.07) is 10.4. The average molecular weight is 226 g/mol. The van der Waals surface area contributed by atoms with Crippen molar-refractivity contribution in [3.63, 3.8) is 0 Å². The van der Waals surface area contributed by atoms with E-state index in [1.165, 1.54) is 24.0 Å². The van der Waals surface area contributed by atoms with Gasteiger partial charge in [-0.15, -0.1) is 0 Å². The highest BCUT2D eigenvalue weighted by atomic mass is 14.0. The number of unbranched alkanes of at least 4 members (excludes halogenated alkanes) is 2. The summed E-state index contributed by atoms with van der Waals surface area (Å²) in [6.07, 6.45) is 5.62. The molecule has 0 aliphatic heterocycles. The Morgan fingerprint density at radius 3 is 2.53 bits per heavy atom. The van der Waals surface area contributed by atoms with Gasteiger partial charge < -0.3 is 0 Å². The fourth-order valence-electron chi connectivity index (χ4n) is 1.51. The lowest BCUT2D eigenvalue weighted by atomic mass is 10.0. The van der Waals surface area contributed by atoms with E-state index in [4.69, 9.17) is 0 Å². The van der Waals surface area contributed by atoms with Crippen molar-refractivity contribution >= 4 is 6.08 Å². The van der Waals surface area contributed by atoms with E-state index >= 15 is 0 Å². The van der Waals surface area contributed by atoms with Gasteiger partial charge in [-0.05, 0) is 24.0 Å². The Morgan fingerprint density at radius 2 is 1.94 bits per heavy atom. The first kappa shape index (κ1) is 13.6. The third-order valence-electron chi connectivity index (χ3n) is 2.63. The largest absolute Gasteiger partial charge is 0.0982 e. The van der Waals surface area contributed by atoms with Crippen LogP contribution in [0.1, 0.15) is 45.6 Å². The van der Waals surface area contributed by atoms with Crippen molar-refractivity contribution < 1.29 is 0 Å². The Hall–Kier alpha value is -1.48. The Balaban J connectivity index is 2.78. The van der Waals surface area contributed by atoms with E-state index in [0.29, 0.717) is 5.92 Å². The molecule has 0 aliphatic carbocycles. The van der Waals surface area contributed by atoms with Crippen LogP contribution < -0.4 is 0 Å².